The Kier molecular flexibility index (Phi) is 6.01. The Morgan fingerprint density at radius 3 is 2.57 bits per heavy atom. The van der Waals surface area contributed by atoms with Gasteiger partial charge < -0.3 is 14.8 Å². The topological polar surface area (TPSA) is 77.5 Å². The molecule has 0 saturated heterocycles. The predicted octanol–water partition coefficient (Wildman–Crippen LogP) is 4.07. The Labute approximate surface area is 162 Å². The SMILES string of the molecule is CCOC(=O)/C=C/c1ccc(NC(=O)c2ccc3cc(OC)ccc3n2)cc1. The Hall–Kier alpha value is -3.67. The first kappa shape index (κ1) is 19.1. The van der Waals surface area contributed by atoms with Gasteiger partial charge in [-0.25, -0.2) is 9.78 Å². The zero-order valence-electron chi connectivity index (χ0n) is 15.6. The van der Waals surface area contributed by atoms with Crippen molar-refractivity contribution in [1.29, 1.82) is 0 Å². The molecule has 1 aromatic heterocycles. The van der Waals surface area contributed by atoms with Crippen molar-refractivity contribution >= 4 is 34.5 Å². The van der Waals surface area contributed by atoms with E-state index in [2.05, 4.69) is 10.3 Å². The van der Waals surface area contributed by atoms with Gasteiger partial charge in [-0.1, -0.05) is 18.2 Å². The normalized spacial score (nSPS) is 10.8. The van der Waals surface area contributed by atoms with Crippen molar-refractivity contribution in [2.45, 2.75) is 6.92 Å². The molecule has 3 rings (SSSR count). The van der Waals surface area contributed by atoms with Gasteiger partial charge in [0.05, 0.1) is 19.2 Å². The molecular weight excluding hydrogens is 356 g/mol. The molecule has 1 amide bonds. The van der Waals surface area contributed by atoms with Gasteiger partial charge in [-0.05, 0) is 55.0 Å². The smallest absolute Gasteiger partial charge is 0.330 e. The van der Waals surface area contributed by atoms with E-state index in [9.17, 15) is 9.59 Å². The molecule has 0 saturated carbocycles. The fourth-order valence-electron chi connectivity index (χ4n) is 2.58. The van der Waals surface area contributed by atoms with E-state index in [1.54, 1.807) is 56.5 Å². The number of benzene rings is 2. The van der Waals surface area contributed by atoms with Crippen molar-refractivity contribution < 1.29 is 19.1 Å². The van der Waals surface area contributed by atoms with Gasteiger partial charge in [-0.3, -0.25) is 4.79 Å². The second-order valence-corrected chi connectivity index (χ2v) is 5.92. The number of rotatable bonds is 6. The summed E-state index contributed by atoms with van der Waals surface area (Å²) in [5.41, 5.74) is 2.50. The second-order valence-electron chi connectivity index (χ2n) is 5.92. The molecule has 0 radical (unpaired) electrons. The van der Waals surface area contributed by atoms with E-state index in [-0.39, 0.29) is 11.9 Å². The first-order valence-corrected chi connectivity index (χ1v) is 8.80. The number of nitrogens with zero attached hydrogens (tertiary/aromatic N) is 1. The maximum Gasteiger partial charge on any atom is 0.330 e. The highest BCUT2D eigenvalue weighted by Crippen LogP contribution is 2.20. The number of carbonyl (C=O) groups excluding carboxylic acids is 2. The van der Waals surface area contributed by atoms with Crippen LogP contribution in [0.1, 0.15) is 23.0 Å². The summed E-state index contributed by atoms with van der Waals surface area (Å²) < 4.78 is 10.0. The largest absolute Gasteiger partial charge is 0.497 e. The Morgan fingerprint density at radius 1 is 1.07 bits per heavy atom. The van der Waals surface area contributed by atoms with Crippen LogP contribution in [0.25, 0.3) is 17.0 Å². The van der Waals surface area contributed by atoms with E-state index in [0.29, 0.717) is 23.5 Å². The molecule has 0 aliphatic rings. The summed E-state index contributed by atoms with van der Waals surface area (Å²) in [6.45, 7) is 2.09. The average molecular weight is 376 g/mol. The highest BCUT2D eigenvalue weighted by atomic mass is 16.5. The average Bonchev–Trinajstić information content (AvgIpc) is 2.72. The Bertz CT molecular complexity index is 1030. The van der Waals surface area contributed by atoms with Gasteiger partial charge in [-0.2, -0.15) is 0 Å². The summed E-state index contributed by atoms with van der Waals surface area (Å²) in [7, 11) is 1.61. The van der Waals surface area contributed by atoms with Crippen LogP contribution in [-0.2, 0) is 9.53 Å². The van der Waals surface area contributed by atoms with Crippen LogP contribution >= 0.6 is 0 Å². The molecule has 0 fully saturated rings. The van der Waals surface area contributed by atoms with E-state index in [1.165, 1.54) is 6.08 Å². The number of hydrogen-bond donors (Lipinski definition) is 1. The third-order valence-electron chi connectivity index (χ3n) is 4.00. The number of anilines is 1. The zero-order chi connectivity index (χ0) is 19.9. The minimum absolute atomic E-state index is 0.299. The van der Waals surface area contributed by atoms with E-state index >= 15 is 0 Å². The third-order valence-corrected chi connectivity index (χ3v) is 4.00. The molecule has 0 unspecified atom stereocenters. The van der Waals surface area contributed by atoms with E-state index in [0.717, 1.165) is 16.7 Å². The first-order valence-electron chi connectivity index (χ1n) is 8.80. The predicted molar refractivity (Wildman–Crippen MR) is 108 cm³/mol. The molecule has 0 atom stereocenters. The quantitative estimate of drug-likeness (QED) is 0.518. The molecule has 28 heavy (non-hydrogen) atoms. The molecule has 0 bridgehead atoms. The highest BCUT2D eigenvalue weighted by Gasteiger charge is 2.09. The number of esters is 1. The molecule has 142 valence electrons. The van der Waals surface area contributed by atoms with Crippen LogP contribution in [0.5, 0.6) is 5.75 Å². The summed E-state index contributed by atoms with van der Waals surface area (Å²) in [5.74, 6) is 0.0519. The van der Waals surface area contributed by atoms with Crippen molar-refractivity contribution in [1.82, 2.24) is 4.98 Å². The van der Waals surface area contributed by atoms with Crippen LogP contribution in [0.15, 0.2) is 60.7 Å². The molecule has 0 aliphatic carbocycles. The van der Waals surface area contributed by atoms with Crippen molar-refractivity contribution in [2.24, 2.45) is 0 Å². The van der Waals surface area contributed by atoms with Crippen molar-refractivity contribution in [3.63, 3.8) is 0 Å². The van der Waals surface area contributed by atoms with Crippen molar-refractivity contribution in [3.05, 3.63) is 71.9 Å². The van der Waals surface area contributed by atoms with E-state index in [4.69, 9.17) is 9.47 Å². The molecular formula is C22H20N2O4. The number of amides is 1. The summed E-state index contributed by atoms with van der Waals surface area (Å²) in [5, 5.41) is 3.71. The van der Waals surface area contributed by atoms with E-state index < -0.39 is 0 Å². The number of fused-ring (bicyclic) bond motifs is 1. The van der Waals surface area contributed by atoms with Crippen LogP contribution in [-0.4, -0.2) is 30.6 Å². The summed E-state index contributed by atoms with van der Waals surface area (Å²) in [6.07, 6.45) is 3.02. The van der Waals surface area contributed by atoms with Crippen molar-refractivity contribution in [2.75, 3.05) is 19.0 Å². The number of methoxy groups -OCH3 is 1. The monoisotopic (exact) mass is 376 g/mol. The van der Waals surface area contributed by atoms with Crippen LogP contribution in [0.4, 0.5) is 5.69 Å². The third kappa shape index (κ3) is 4.73. The number of pyridine rings is 1. The molecule has 1 N–H and O–H groups in total. The Balaban J connectivity index is 1.69. The van der Waals surface area contributed by atoms with Crippen LogP contribution < -0.4 is 10.1 Å². The lowest BCUT2D eigenvalue weighted by atomic mass is 10.1. The molecule has 1 heterocycles. The molecule has 6 nitrogen and oxygen atoms in total. The minimum atomic E-state index is -0.389. The van der Waals surface area contributed by atoms with Gasteiger partial charge in [0.15, 0.2) is 0 Å². The lowest BCUT2D eigenvalue weighted by molar-refractivity contribution is -0.137. The van der Waals surface area contributed by atoms with Crippen molar-refractivity contribution in [3.8, 4) is 5.75 Å². The standard InChI is InChI=1S/C22H20N2O4/c1-3-28-21(25)13-6-15-4-8-17(9-5-15)23-22(26)20-11-7-16-14-18(27-2)10-12-19(16)24-20/h4-14H,3H2,1-2H3,(H,23,26)/b13-6+. The zero-order valence-corrected chi connectivity index (χ0v) is 15.6. The van der Waals surface area contributed by atoms with Gasteiger partial charge in [0.1, 0.15) is 11.4 Å². The van der Waals surface area contributed by atoms with Gasteiger partial charge >= 0.3 is 5.97 Å². The maximum atomic E-state index is 12.5. The minimum Gasteiger partial charge on any atom is -0.497 e. The number of ether oxygens (including phenoxy) is 2. The Morgan fingerprint density at radius 2 is 1.86 bits per heavy atom. The molecule has 3 aromatic rings. The van der Waals surface area contributed by atoms with Gasteiger partial charge in [0.25, 0.3) is 5.91 Å². The second kappa shape index (κ2) is 8.81. The highest BCUT2D eigenvalue weighted by molar-refractivity contribution is 6.04. The fraction of sp³-hybridized carbons (Fsp3) is 0.136. The van der Waals surface area contributed by atoms with Gasteiger partial charge in [0.2, 0.25) is 0 Å². The van der Waals surface area contributed by atoms with Crippen LogP contribution in [0.2, 0.25) is 0 Å². The lowest BCUT2D eigenvalue weighted by Crippen LogP contribution is -2.13. The number of hydrogen-bond acceptors (Lipinski definition) is 5. The number of aromatic nitrogens is 1. The first-order chi connectivity index (χ1) is 13.6. The van der Waals surface area contributed by atoms with Crippen LogP contribution in [0, 0.1) is 0 Å². The lowest BCUT2D eigenvalue weighted by Gasteiger charge is -2.07. The fourth-order valence-corrected chi connectivity index (χ4v) is 2.58. The maximum absolute atomic E-state index is 12.5. The number of carbonyl (C=O) groups is 2. The summed E-state index contributed by atoms with van der Waals surface area (Å²) in [6, 6.07) is 16.1. The summed E-state index contributed by atoms with van der Waals surface area (Å²) >= 11 is 0. The number of nitrogens with one attached hydrogen (secondary N) is 1. The molecule has 0 aliphatic heterocycles. The summed E-state index contributed by atoms with van der Waals surface area (Å²) in [4.78, 5) is 28.2. The molecule has 6 heteroatoms. The molecule has 2 aromatic carbocycles. The van der Waals surface area contributed by atoms with Gasteiger partial charge in [-0.15, -0.1) is 0 Å². The van der Waals surface area contributed by atoms with Crippen LogP contribution in [0.3, 0.4) is 0 Å². The molecule has 0 spiro atoms. The van der Waals surface area contributed by atoms with E-state index in [1.807, 2.05) is 18.2 Å². The van der Waals surface area contributed by atoms with Gasteiger partial charge in [0, 0.05) is 17.1 Å².